The summed E-state index contributed by atoms with van der Waals surface area (Å²) < 4.78 is 16.5. The number of nitrogens with zero attached hydrogens (tertiary/aromatic N) is 2. The second kappa shape index (κ2) is 8.13. The van der Waals surface area contributed by atoms with Crippen LogP contribution in [0.3, 0.4) is 0 Å². The van der Waals surface area contributed by atoms with E-state index in [-0.39, 0.29) is 12.2 Å². The third-order valence-corrected chi connectivity index (χ3v) is 4.34. The molecule has 27 heavy (non-hydrogen) atoms. The van der Waals surface area contributed by atoms with Crippen molar-refractivity contribution in [1.82, 2.24) is 9.13 Å². The number of hydrogen-bond acceptors (Lipinski definition) is 3. The van der Waals surface area contributed by atoms with E-state index in [1.54, 1.807) is 6.07 Å². The lowest BCUT2D eigenvalue weighted by molar-refractivity contribution is -0.116. The molecule has 0 spiro atoms. The van der Waals surface area contributed by atoms with Gasteiger partial charge < -0.3 is 5.32 Å². The molecule has 6 nitrogen and oxygen atoms in total. The van der Waals surface area contributed by atoms with E-state index in [0.29, 0.717) is 4.47 Å². The molecule has 0 atom stereocenters. The van der Waals surface area contributed by atoms with Gasteiger partial charge in [-0.25, -0.2) is 9.18 Å². The number of hydrogen-bond donors (Lipinski definition) is 1. The fourth-order valence-electron chi connectivity index (χ4n) is 2.53. The number of anilines is 1. The highest BCUT2D eigenvalue weighted by atomic mass is 79.9. The minimum absolute atomic E-state index is 0.0307. The van der Waals surface area contributed by atoms with Crippen molar-refractivity contribution in [3.05, 3.63) is 97.5 Å². The van der Waals surface area contributed by atoms with Crippen LogP contribution in [-0.4, -0.2) is 15.0 Å². The summed E-state index contributed by atoms with van der Waals surface area (Å²) in [6.07, 6.45) is 1.39. The Hall–Kier alpha value is -3.00. The second-order valence-corrected chi connectivity index (χ2v) is 6.72. The minimum Gasteiger partial charge on any atom is -0.322 e. The summed E-state index contributed by atoms with van der Waals surface area (Å²) in [6.45, 7) is -0.244. The standard InChI is InChI=1S/C19H15BrFN3O3/c20-14-6-7-16(15(21)10-14)22-17(25)12-24-18(26)8-9-23(19(24)27)11-13-4-2-1-3-5-13/h1-10H,11-12H2,(H,22,25). The monoisotopic (exact) mass is 431 g/mol. The van der Waals surface area contributed by atoms with Crippen molar-refractivity contribution in [3.8, 4) is 0 Å². The van der Waals surface area contributed by atoms with Gasteiger partial charge in [0.15, 0.2) is 0 Å². The zero-order valence-electron chi connectivity index (χ0n) is 14.1. The number of halogens is 2. The highest BCUT2D eigenvalue weighted by Gasteiger charge is 2.12. The molecule has 1 heterocycles. The molecule has 1 N–H and O–H groups in total. The molecule has 1 amide bonds. The van der Waals surface area contributed by atoms with Gasteiger partial charge in [-0.2, -0.15) is 0 Å². The van der Waals surface area contributed by atoms with Gasteiger partial charge in [0.2, 0.25) is 5.91 Å². The van der Waals surface area contributed by atoms with Crippen LogP contribution in [0.4, 0.5) is 10.1 Å². The SMILES string of the molecule is O=C(Cn1c(=O)ccn(Cc2ccccc2)c1=O)Nc1ccc(Br)cc1F. The lowest BCUT2D eigenvalue weighted by Gasteiger charge is -2.11. The molecule has 0 saturated carbocycles. The Bertz CT molecular complexity index is 1090. The Morgan fingerprint density at radius 2 is 1.81 bits per heavy atom. The van der Waals surface area contributed by atoms with Crippen molar-refractivity contribution in [2.45, 2.75) is 13.1 Å². The smallest absolute Gasteiger partial charge is 0.322 e. The van der Waals surface area contributed by atoms with Crippen LogP contribution in [0.15, 0.2) is 74.9 Å². The number of benzene rings is 2. The van der Waals surface area contributed by atoms with Crippen molar-refractivity contribution < 1.29 is 9.18 Å². The molecule has 0 bridgehead atoms. The number of nitrogens with one attached hydrogen (secondary N) is 1. The van der Waals surface area contributed by atoms with Crippen LogP contribution in [0.1, 0.15) is 5.56 Å². The van der Waals surface area contributed by atoms with Gasteiger partial charge >= 0.3 is 5.69 Å². The van der Waals surface area contributed by atoms with Crippen LogP contribution in [0.5, 0.6) is 0 Å². The number of rotatable bonds is 5. The molecular formula is C19H15BrFN3O3. The van der Waals surface area contributed by atoms with Crippen LogP contribution < -0.4 is 16.6 Å². The van der Waals surface area contributed by atoms with E-state index in [4.69, 9.17) is 0 Å². The van der Waals surface area contributed by atoms with Crippen LogP contribution in [0.2, 0.25) is 0 Å². The second-order valence-electron chi connectivity index (χ2n) is 5.81. The van der Waals surface area contributed by atoms with Gasteiger partial charge in [0.05, 0.1) is 12.2 Å². The zero-order valence-corrected chi connectivity index (χ0v) is 15.6. The fourth-order valence-corrected chi connectivity index (χ4v) is 2.86. The van der Waals surface area contributed by atoms with Crippen molar-refractivity contribution in [2.75, 3.05) is 5.32 Å². The summed E-state index contributed by atoms with van der Waals surface area (Å²) in [5.74, 6) is -1.30. The van der Waals surface area contributed by atoms with Gasteiger partial charge in [0, 0.05) is 16.7 Å². The molecule has 0 aliphatic heterocycles. The van der Waals surface area contributed by atoms with Gasteiger partial charge in [-0.05, 0) is 23.8 Å². The topological polar surface area (TPSA) is 73.1 Å². The highest BCUT2D eigenvalue weighted by molar-refractivity contribution is 9.10. The van der Waals surface area contributed by atoms with E-state index in [0.717, 1.165) is 10.1 Å². The molecule has 8 heteroatoms. The van der Waals surface area contributed by atoms with Crippen molar-refractivity contribution in [3.63, 3.8) is 0 Å². The van der Waals surface area contributed by atoms with E-state index in [9.17, 15) is 18.8 Å². The Morgan fingerprint density at radius 3 is 2.52 bits per heavy atom. The molecule has 2 aromatic carbocycles. The number of carbonyl (C=O) groups is 1. The van der Waals surface area contributed by atoms with Crippen LogP contribution >= 0.6 is 15.9 Å². The van der Waals surface area contributed by atoms with Gasteiger partial charge in [-0.1, -0.05) is 46.3 Å². The Kier molecular flexibility index (Phi) is 5.66. The summed E-state index contributed by atoms with van der Waals surface area (Å²) in [5.41, 5.74) is -0.364. The summed E-state index contributed by atoms with van der Waals surface area (Å²) in [7, 11) is 0. The third-order valence-electron chi connectivity index (χ3n) is 3.84. The van der Waals surface area contributed by atoms with Crippen LogP contribution in [0.25, 0.3) is 0 Å². The molecule has 0 saturated heterocycles. The average Bonchev–Trinajstić information content (AvgIpc) is 2.64. The number of aromatic nitrogens is 2. The number of carbonyl (C=O) groups excluding carboxylic acids is 1. The quantitative estimate of drug-likeness (QED) is 0.674. The van der Waals surface area contributed by atoms with E-state index in [1.807, 2.05) is 30.3 Å². The predicted molar refractivity (Wildman–Crippen MR) is 103 cm³/mol. The third kappa shape index (κ3) is 4.59. The molecule has 1 aromatic heterocycles. The molecular weight excluding hydrogens is 417 g/mol. The number of amides is 1. The van der Waals surface area contributed by atoms with E-state index in [2.05, 4.69) is 21.2 Å². The molecule has 3 aromatic rings. The Balaban J connectivity index is 1.81. The summed E-state index contributed by atoms with van der Waals surface area (Å²) in [6, 6.07) is 14.6. The Labute approximate surface area is 162 Å². The van der Waals surface area contributed by atoms with Crippen LogP contribution in [-0.2, 0) is 17.9 Å². The molecule has 3 rings (SSSR count). The fraction of sp³-hybridized carbons (Fsp3) is 0.105. The minimum atomic E-state index is -0.673. The molecule has 0 fully saturated rings. The largest absolute Gasteiger partial charge is 0.331 e. The van der Waals surface area contributed by atoms with E-state index in [1.165, 1.54) is 29.0 Å². The first-order valence-corrected chi connectivity index (χ1v) is 8.82. The van der Waals surface area contributed by atoms with E-state index < -0.39 is 29.5 Å². The molecule has 0 aliphatic carbocycles. The first-order chi connectivity index (χ1) is 12.9. The van der Waals surface area contributed by atoms with Crippen molar-refractivity contribution in [1.29, 1.82) is 0 Å². The van der Waals surface area contributed by atoms with Gasteiger partial charge in [-0.15, -0.1) is 0 Å². The predicted octanol–water partition coefficient (Wildman–Crippen LogP) is 2.60. The van der Waals surface area contributed by atoms with E-state index >= 15 is 0 Å². The van der Waals surface area contributed by atoms with Gasteiger partial charge in [0.25, 0.3) is 5.56 Å². The summed E-state index contributed by atoms with van der Waals surface area (Å²) >= 11 is 3.13. The Morgan fingerprint density at radius 1 is 1.07 bits per heavy atom. The van der Waals surface area contributed by atoms with Crippen molar-refractivity contribution in [2.24, 2.45) is 0 Å². The highest BCUT2D eigenvalue weighted by Crippen LogP contribution is 2.19. The van der Waals surface area contributed by atoms with Gasteiger partial charge in [-0.3, -0.25) is 18.7 Å². The first-order valence-electron chi connectivity index (χ1n) is 8.03. The maximum atomic E-state index is 13.8. The maximum absolute atomic E-state index is 13.8. The lowest BCUT2D eigenvalue weighted by atomic mass is 10.2. The van der Waals surface area contributed by atoms with Crippen LogP contribution in [0, 0.1) is 5.82 Å². The lowest BCUT2D eigenvalue weighted by Crippen LogP contribution is -2.41. The maximum Gasteiger partial charge on any atom is 0.331 e. The average molecular weight is 432 g/mol. The normalized spacial score (nSPS) is 10.6. The molecule has 0 radical (unpaired) electrons. The van der Waals surface area contributed by atoms with Gasteiger partial charge in [0.1, 0.15) is 12.4 Å². The summed E-state index contributed by atoms with van der Waals surface area (Å²) in [4.78, 5) is 36.8. The summed E-state index contributed by atoms with van der Waals surface area (Å²) in [5, 5.41) is 2.37. The zero-order chi connectivity index (χ0) is 19.4. The van der Waals surface area contributed by atoms with Crippen molar-refractivity contribution >= 4 is 27.5 Å². The first kappa shape index (κ1) is 18.8. The molecule has 0 aliphatic rings. The molecule has 0 unspecified atom stereocenters. The molecule has 138 valence electrons.